The maximum atomic E-state index is 5.72. The minimum Gasteiger partial charge on any atom is -0.487 e. The van der Waals surface area contributed by atoms with Crippen LogP contribution in [0.15, 0.2) is 18.3 Å². The second-order valence-electron chi connectivity index (χ2n) is 4.47. The Bertz CT molecular complexity index is 338. The first-order chi connectivity index (χ1) is 8.67. The highest BCUT2D eigenvalue weighted by Crippen LogP contribution is 2.21. The minimum atomic E-state index is 0.164. The third-order valence-corrected chi connectivity index (χ3v) is 2.75. The molecule has 0 aliphatic carbocycles. The Hall–Kier alpha value is -1.29. The van der Waals surface area contributed by atoms with Crippen molar-refractivity contribution >= 4 is 5.82 Å². The molecule has 1 aromatic rings. The summed E-state index contributed by atoms with van der Waals surface area (Å²) in [5.74, 6) is 1.66. The highest BCUT2D eigenvalue weighted by atomic mass is 16.5. The van der Waals surface area contributed by atoms with Gasteiger partial charge in [-0.15, -0.1) is 0 Å². The smallest absolute Gasteiger partial charge is 0.168 e. The van der Waals surface area contributed by atoms with Crippen LogP contribution in [-0.4, -0.2) is 42.2 Å². The average Bonchev–Trinajstić information content (AvgIpc) is 2.36. The summed E-state index contributed by atoms with van der Waals surface area (Å²) < 4.78 is 5.72. The maximum Gasteiger partial charge on any atom is 0.168 e. The van der Waals surface area contributed by atoms with Crippen molar-refractivity contribution in [1.82, 2.24) is 9.88 Å². The summed E-state index contributed by atoms with van der Waals surface area (Å²) in [6, 6.07) is 3.85. The molecule has 0 fully saturated rings. The van der Waals surface area contributed by atoms with Gasteiger partial charge in [-0.3, -0.25) is 0 Å². The van der Waals surface area contributed by atoms with Gasteiger partial charge in [0.1, 0.15) is 0 Å². The van der Waals surface area contributed by atoms with Crippen LogP contribution in [0.5, 0.6) is 5.75 Å². The summed E-state index contributed by atoms with van der Waals surface area (Å²) in [6.07, 6.45) is 1.95. The van der Waals surface area contributed by atoms with Gasteiger partial charge >= 0.3 is 0 Å². The Balaban J connectivity index is 2.50. The Kier molecular flexibility index (Phi) is 6.50. The quantitative estimate of drug-likeness (QED) is 0.770. The number of nitrogens with zero attached hydrogens (tertiary/aromatic N) is 2. The lowest BCUT2D eigenvalue weighted by molar-refractivity contribution is 0.242. The van der Waals surface area contributed by atoms with Gasteiger partial charge in [-0.2, -0.15) is 0 Å². The van der Waals surface area contributed by atoms with E-state index in [-0.39, 0.29) is 6.10 Å². The van der Waals surface area contributed by atoms with Gasteiger partial charge in [-0.05, 0) is 39.1 Å². The van der Waals surface area contributed by atoms with Gasteiger partial charge in [0.25, 0.3) is 0 Å². The molecule has 0 amide bonds. The van der Waals surface area contributed by atoms with Crippen molar-refractivity contribution in [2.24, 2.45) is 0 Å². The van der Waals surface area contributed by atoms with Gasteiger partial charge in [-0.1, -0.05) is 13.8 Å². The lowest BCUT2D eigenvalue weighted by Crippen LogP contribution is -2.28. The van der Waals surface area contributed by atoms with E-state index < -0.39 is 0 Å². The number of hydrogen-bond donors (Lipinski definition) is 1. The topological polar surface area (TPSA) is 37.4 Å². The van der Waals surface area contributed by atoms with Crippen LogP contribution in [0.4, 0.5) is 5.82 Å². The minimum absolute atomic E-state index is 0.164. The molecule has 18 heavy (non-hydrogen) atoms. The molecule has 0 saturated carbocycles. The first-order valence-corrected chi connectivity index (χ1v) is 6.75. The molecule has 0 atom stereocenters. The second-order valence-corrected chi connectivity index (χ2v) is 4.47. The van der Waals surface area contributed by atoms with Crippen molar-refractivity contribution in [3.63, 3.8) is 0 Å². The van der Waals surface area contributed by atoms with E-state index in [1.165, 1.54) is 0 Å². The first-order valence-electron chi connectivity index (χ1n) is 6.75. The zero-order valence-electron chi connectivity index (χ0n) is 11.9. The molecule has 1 heterocycles. The average molecular weight is 251 g/mol. The van der Waals surface area contributed by atoms with Crippen molar-refractivity contribution in [3.05, 3.63) is 18.3 Å². The van der Waals surface area contributed by atoms with E-state index in [1.54, 1.807) is 6.20 Å². The molecule has 1 rings (SSSR count). The normalized spacial score (nSPS) is 11.0. The number of nitrogens with one attached hydrogen (secondary N) is 1. The summed E-state index contributed by atoms with van der Waals surface area (Å²) >= 11 is 0. The van der Waals surface area contributed by atoms with Gasteiger partial charge in [0, 0.05) is 19.3 Å². The van der Waals surface area contributed by atoms with Gasteiger partial charge < -0.3 is 15.0 Å². The fraction of sp³-hybridized carbons (Fsp3) is 0.643. The van der Waals surface area contributed by atoms with Crippen LogP contribution in [0.1, 0.15) is 27.7 Å². The fourth-order valence-electron chi connectivity index (χ4n) is 1.74. The summed E-state index contributed by atoms with van der Waals surface area (Å²) in [6.45, 7) is 12.5. The van der Waals surface area contributed by atoms with Crippen LogP contribution in [0, 0.1) is 0 Å². The van der Waals surface area contributed by atoms with Crippen LogP contribution in [0.2, 0.25) is 0 Å². The predicted molar refractivity (Wildman–Crippen MR) is 76.3 cm³/mol. The molecule has 0 bridgehead atoms. The lowest BCUT2D eigenvalue weighted by Gasteiger charge is -2.19. The Morgan fingerprint density at radius 2 is 2.06 bits per heavy atom. The van der Waals surface area contributed by atoms with Crippen molar-refractivity contribution < 1.29 is 4.74 Å². The Morgan fingerprint density at radius 1 is 1.33 bits per heavy atom. The zero-order valence-corrected chi connectivity index (χ0v) is 11.9. The van der Waals surface area contributed by atoms with Crippen LogP contribution in [0.3, 0.4) is 0 Å². The molecule has 4 heteroatoms. The fourth-order valence-corrected chi connectivity index (χ4v) is 1.74. The van der Waals surface area contributed by atoms with E-state index in [0.717, 1.165) is 37.7 Å². The van der Waals surface area contributed by atoms with Crippen molar-refractivity contribution in [2.45, 2.75) is 33.8 Å². The molecule has 1 aromatic heterocycles. The summed E-state index contributed by atoms with van der Waals surface area (Å²) in [4.78, 5) is 6.70. The molecular weight excluding hydrogens is 226 g/mol. The SMILES string of the molecule is CCN(CC)CCNc1ncccc1OC(C)C. The lowest BCUT2D eigenvalue weighted by atomic mass is 10.4. The van der Waals surface area contributed by atoms with E-state index in [9.17, 15) is 0 Å². The molecular formula is C14H25N3O. The monoisotopic (exact) mass is 251 g/mol. The number of anilines is 1. The molecule has 0 aliphatic heterocycles. The molecule has 0 saturated heterocycles. The Morgan fingerprint density at radius 3 is 2.67 bits per heavy atom. The maximum absolute atomic E-state index is 5.72. The van der Waals surface area contributed by atoms with E-state index in [4.69, 9.17) is 4.74 Å². The van der Waals surface area contributed by atoms with Crippen molar-refractivity contribution in [1.29, 1.82) is 0 Å². The number of likely N-dealkylation sites (N-methyl/N-ethyl adjacent to an activating group) is 1. The summed E-state index contributed by atoms with van der Waals surface area (Å²) in [5.41, 5.74) is 0. The second kappa shape index (κ2) is 7.93. The number of rotatable bonds is 8. The largest absolute Gasteiger partial charge is 0.487 e. The predicted octanol–water partition coefficient (Wildman–Crippen LogP) is 2.62. The third-order valence-electron chi connectivity index (χ3n) is 2.75. The highest BCUT2D eigenvalue weighted by molar-refractivity contribution is 5.49. The molecule has 0 radical (unpaired) electrons. The number of pyridine rings is 1. The molecule has 4 nitrogen and oxygen atoms in total. The zero-order chi connectivity index (χ0) is 13.4. The van der Waals surface area contributed by atoms with Crippen LogP contribution in [0.25, 0.3) is 0 Å². The molecule has 0 spiro atoms. The van der Waals surface area contributed by atoms with Crippen molar-refractivity contribution in [3.8, 4) is 5.75 Å². The number of ether oxygens (including phenoxy) is 1. The van der Waals surface area contributed by atoms with Gasteiger partial charge in [0.05, 0.1) is 6.10 Å². The summed E-state index contributed by atoms with van der Waals surface area (Å²) in [7, 11) is 0. The standard InChI is InChI=1S/C14H25N3O/c1-5-17(6-2)11-10-16-14-13(18-12(3)4)8-7-9-15-14/h7-9,12H,5-6,10-11H2,1-4H3,(H,15,16). The Labute approximate surface area is 110 Å². The van der Waals surface area contributed by atoms with Gasteiger partial charge in [0.15, 0.2) is 11.6 Å². The highest BCUT2D eigenvalue weighted by Gasteiger charge is 2.06. The van der Waals surface area contributed by atoms with E-state index >= 15 is 0 Å². The van der Waals surface area contributed by atoms with E-state index in [2.05, 4.69) is 29.0 Å². The van der Waals surface area contributed by atoms with Crippen LogP contribution >= 0.6 is 0 Å². The molecule has 0 aliphatic rings. The molecule has 102 valence electrons. The van der Waals surface area contributed by atoms with E-state index in [0.29, 0.717) is 0 Å². The van der Waals surface area contributed by atoms with Crippen molar-refractivity contribution in [2.75, 3.05) is 31.5 Å². The molecule has 0 unspecified atom stereocenters. The van der Waals surface area contributed by atoms with Gasteiger partial charge in [-0.25, -0.2) is 4.98 Å². The number of hydrogen-bond acceptors (Lipinski definition) is 4. The molecule has 0 aromatic carbocycles. The first kappa shape index (κ1) is 14.8. The van der Waals surface area contributed by atoms with E-state index in [1.807, 2.05) is 26.0 Å². The third kappa shape index (κ3) is 4.92. The van der Waals surface area contributed by atoms with Gasteiger partial charge in [0.2, 0.25) is 0 Å². The number of aromatic nitrogens is 1. The van der Waals surface area contributed by atoms with Crippen LogP contribution < -0.4 is 10.1 Å². The molecule has 1 N–H and O–H groups in total. The summed E-state index contributed by atoms with van der Waals surface area (Å²) in [5, 5.41) is 3.34. The van der Waals surface area contributed by atoms with Crippen LogP contribution in [-0.2, 0) is 0 Å².